The Morgan fingerprint density at radius 3 is 2.81 bits per heavy atom. The van der Waals surface area contributed by atoms with Crippen LogP contribution in [0.3, 0.4) is 0 Å². The molecule has 0 saturated heterocycles. The summed E-state index contributed by atoms with van der Waals surface area (Å²) in [5.74, 6) is -0.334. The lowest BCUT2D eigenvalue weighted by atomic mass is 10.1. The highest BCUT2D eigenvalue weighted by atomic mass is 79.9. The molecule has 5 nitrogen and oxygen atoms in total. The van der Waals surface area contributed by atoms with Crippen LogP contribution in [-0.4, -0.2) is 17.5 Å². The van der Waals surface area contributed by atoms with Crippen LogP contribution < -0.4 is 10.1 Å². The highest BCUT2D eigenvalue weighted by Crippen LogP contribution is 2.27. The Morgan fingerprint density at radius 2 is 2.10 bits per heavy atom. The van der Waals surface area contributed by atoms with E-state index in [9.17, 15) is 14.4 Å². The van der Waals surface area contributed by atoms with Crippen molar-refractivity contribution in [1.82, 2.24) is 4.98 Å². The van der Waals surface area contributed by atoms with Gasteiger partial charge in [0.25, 0.3) is 5.91 Å². The number of anilines is 1. The van der Waals surface area contributed by atoms with Gasteiger partial charge in [-0.3, -0.25) is 10.1 Å². The van der Waals surface area contributed by atoms with E-state index in [1.165, 1.54) is 29.5 Å². The molecule has 3 rings (SSSR count). The molecule has 0 atom stereocenters. The fourth-order valence-electron chi connectivity index (χ4n) is 2.63. The van der Waals surface area contributed by atoms with Crippen LogP contribution in [0.15, 0.2) is 71.4 Å². The molecule has 0 radical (unpaired) electrons. The van der Waals surface area contributed by atoms with E-state index in [2.05, 4.69) is 32.8 Å². The first-order valence-electron chi connectivity index (χ1n) is 9.14. The van der Waals surface area contributed by atoms with Gasteiger partial charge in [0, 0.05) is 27.5 Å². The number of ether oxygens (including phenoxy) is 1. The summed E-state index contributed by atoms with van der Waals surface area (Å²) in [5, 5.41) is 12.5. The van der Waals surface area contributed by atoms with Crippen molar-refractivity contribution in [2.45, 2.75) is 6.42 Å². The first kappa shape index (κ1) is 22.4. The van der Waals surface area contributed by atoms with Crippen LogP contribution in [0.25, 0.3) is 6.08 Å². The molecule has 0 fully saturated rings. The number of nitriles is 1. The van der Waals surface area contributed by atoms with E-state index in [4.69, 9.17) is 4.74 Å². The van der Waals surface area contributed by atoms with Crippen LogP contribution in [0, 0.1) is 17.1 Å². The monoisotopic (exact) mass is 497 g/mol. The van der Waals surface area contributed by atoms with E-state index in [1.807, 2.05) is 6.07 Å². The smallest absolute Gasteiger partial charge is 0.268 e. The van der Waals surface area contributed by atoms with Crippen LogP contribution in [0.5, 0.6) is 5.75 Å². The zero-order valence-electron chi connectivity index (χ0n) is 16.3. The number of nitrogens with one attached hydrogen (secondary N) is 1. The summed E-state index contributed by atoms with van der Waals surface area (Å²) in [6, 6.07) is 13.4. The van der Waals surface area contributed by atoms with Crippen LogP contribution in [0.1, 0.15) is 16.0 Å². The van der Waals surface area contributed by atoms with Crippen molar-refractivity contribution in [3.05, 3.63) is 93.2 Å². The second-order valence-electron chi connectivity index (χ2n) is 6.34. The molecule has 0 bridgehead atoms. The number of carbonyl (C=O) groups is 1. The normalized spacial score (nSPS) is 10.9. The molecule has 0 saturated carbocycles. The number of amides is 1. The van der Waals surface area contributed by atoms with Gasteiger partial charge in [0.05, 0.1) is 0 Å². The molecule has 3 aromatic rings. The van der Waals surface area contributed by atoms with Crippen molar-refractivity contribution < 1.29 is 13.9 Å². The summed E-state index contributed by atoms with van der Waals surface area (Å²) in [5.41, 5.74) is 1.43. The number of benzene rings is 2. The Bertz CT molecular complexity index is 1170. The Balaban J connectivity index is 1.74. The molecule has 0 spiro atoms. The van der Waals surface area contributed by atoms with Gasteiger partial charge in [-0.2, -0.15) is 5.26 Å². The lowest BCUT2D eigenvalue weighted by molar-refractivity contribution is -0.112. The zero-order valence-corrected chi connectivity index (χ0v) is 18.7. The third-order valence-corrected chi connectivity index (χ3v) is 5.47. The average molecular weight is 498 g/mol. The minimum atomic E-state index is -0.570. The minimum absolute atomic E-state index is 0.0863. The molecule has 1 amide bonds. The number of rotatable bonds is 8. The zero-order chi connectivity index (χ0) is 22.2. The van der Waals surface area contributed by atoms with Gasteiger partial charge in [0.2, 0.25) is 0 Å². The van der Waals surface area contributed by atoms with E-state index in [1.54, 1.807) is 42.6 Å². The first-order chi connectivity index (χ1) is 15.0. The van der Waals surface area contributed by atoms with Gasteiger partial charge in [-0.1, -0.05) is 40.7 Å². The fourth-order valence-corrected chi connectivity index (χ4v) is 3.85. The average Bonchev–Trinajstić information content (AvgIpc) is 3.19. The van der Waals surface area contributed by atoms with Gasteiger partial charge >= 0.3 is 0 Å². The van der Waals surface area contributed by atoms with Crippen molar-refractivity contribution in [3.63, 3.8) is 0 Å². The number of halogens is 2. The van der Waals surface area contributed by atoms with Crippen molar-refractivity contribution in [2.24, 2.45) is 0 Å². The molecule has 1 heterocycles. The Hall–Kier alpha value is -3.28. The molecule has 0 aliphatic rings. The Kier molecular flexibility index (Phi) is 7.70. The number of aromatic nitrogens is 1. The van der Waals surface area contributed by atoms with E-state index in [0.29, 0.717) is 29.5 Å². The van der Waals surface area contributed by atoms with E-state index in [-0.39, 0.29) is 11.4 Å². The van der Waals surface area contributed by atoms with Gasteiger partial charge in [0.1, 0.15) is 29.8 Å². The van der Waals surface area contributed by atoms with Crippen LogP contribution in [-0.2, 0) is 11.2 Å². The minimum Gasteiger partial charge on any atom is -0.489 e. The molecule has 1 N–H and O–H groups in total. The number of thiazole rings is 1. The predicted molar refractivity (Wildman–Crippen MR) is 123 cm³/mol. The van der Waals surface area contributed by atoms with Crippen molar-refractivity contribution in [3.8, 4) is 11.8 Å². The van der Waals surface area contributed by atoms with Crippen LogP contribution >= 0.6 is 27.3 Å². The highest BCUT2D eigenvalue weighted by molar-refractivity contribution is 9.10. The number of hydrogen-bond acceptors (Lipinski definition) is 5. The van der Waals surface area contributed by atoms with Gasteiger partial charge in [-0.05, 0) is 42.0 Å². The van der Waals surface area contributed by atoms with Crippen LogP contribution in [0.4, 0.5) is 9.52 Å². The fraction of sp³-hybridized carbons (Fsp3) is 0.0870. The summed E-state index contributed by atoms with van der Waals surface area (Å²) in [6.45, 7) is 3.92. The summed E-state index contributed by atoms with van der Waals surface area (Å²) < 4.78 is 19.4. The predicted octanol–water partition coefficient (Wildman–Crippen LogP) is 5.75. The molecule has 156 valence electrons. The molecule has 1 aromatic heterocycles. The maximum atomic E-state index is 13.0. The summed E-state index contributed by atoms with van der Waals surface area (Å²) >= 11 is 4.68. The molecule has 0 aliphatic heterocycles. The van der Waals surface area contributed by atoms with Gasteiger partial charge in [0.15, 0.2) is 5.13 Å². The molecule has 2 aromatic carbocycles. The first-order valence-corrected chi connectivity index (χ1v) is 10.7. The maximum absolute atomic E-state index is 13.0. The summed E-state index contributed by atoms with van der Waals surface area (Å²) in [4.78, 5) is 17.7. The van der Waals surface area contributed by atoms with Crippen molar-refractivity contribution in [1.29, 1.82) is 5.26 Å². The van der Waals surface area contributed by atoms with Crippen molar-refractivity contribution >= 4 is 44.4 Å². The third kappa shape index (κ3) is 6.35. The quantitative estimate of drug-likeness (QED) is 0.244. The van der Waals surface area contributed by atoms with Crippen molar-refractivity contribution in [2.75, 3.05) is 11.9 Å². The molecular weight excluding hydrogens is 481 g/mol. The maximum Gasteiger partial charge on any atom is 0.268 e. The Labute approximate surface area is 191 Å². The van der Waals surface area contributed by atoms with Crippen LogP contribution in [0.2, 0.25) is 0 Å². The molecule has 31 heavy (non-hydrogen) atoms. The number of hydrogen-bond donors (Lipinski definition) is 1. The Morgan fingerprint density at radius 1 is 1.32 bits per heavy atom. The second-order valence-corrected chi connectivity index (χ2v) is 8.37. The molecule has 0 aliphatic carbocycles. The molecule has 8 heteroatoms. The standard InChI is InChI=1S/C23H17BrFN3O2S/c1-2-9-30-21-8-5-18(24)12-16(21)11-17(13-26)22(29)28-23-27-14-20(31-23)10-15-3-6-19(25)7-4-15/h2-8,11-12,14H,1,9-10H2,(H,27,28,29)/b17-11+. The van der Waals surface area contributed by atoms with E-state index in [0.717, 1.165) is 14.9 Å². The SMILES string of the molecule is C=CCOc1ccc(Br)cc1/C=C(\C#N)C(=O)Nc1ncc(Cc2ccc(F)cc2)s1. The lowest BCUT2D eigenvalue weighted by Crippen LogP contribution is -2.13. The van der Waals surface area contributed by atoms with Gasteiger partial charge < -0.3 is 4.74 Å². The largest absolute Gasteiger partial charge is 0.489 e. The summed E-state index contributed by atoms with van der Waals surface area (Å²) in [7, 11) is 0. The lowest BCUT2D eigenvalue weighted by Gasteiger charge is -2.08. The van der Waals surface area contributed by atoms with E-state index < -0.39 is 5.91 Å². The molecule has 0 unspecified atom stereocenters. The number of nitrogens with zero attached hydrogens (tertiary/aromatic N) is 2. The van der Waals surface area contributed by atoms with Gasteiger partial charge in [-0.15, -0.1) is 11.3 Å². The highest BCUT2D eigenvalue weighted by Gasteiger charge is 2.14. The molecular formula is C23H17BrFN3O2S. The number of carbonyl (C=O) groups excluding carboxylic acids is 1. The van der Waals surface area contributed by atoms with E-state index >= 15 is 0 Å². The van der Waals surface area contributed by atoms with Gasteiger partial charge in [-0.25, -0.2) is 9.37 Å². The second kappa shape index (κ2) is 10.7. The summed E-state index contributed by atoms with van der Waals surface area (Å²) in [6.07, 6.45) is 5.29. The topological polar surface area (TPSA) is 75.0 Å². The third-order valence-electron chi connectivity index (χ3n) is 4.06.